The fraction of sp³-hybridized carbons (Fsp3) is 0.429. The van der Waals surface area contributed by atoms with Crippen molar-refractivity contribution < 1.29 is 14.1 Å². The molecule has 1 atom stereocenters. The first-order chi connectivity index (χ1) is 11.2. The molecule has 3 rings (SSSR count). The molecule has 9 heteroatoms. The summed E-state index contributed by atoms with van der Waals surface area (Å²) in [7, 11) is 1.45. The van der Waals surface area contributed by atoms with Crippen molar-refractivity contribution in [2.45, 2.75) is 18.9 Å². The van der Waals surface area contributed by atoms with Crippen LogP contribution in [-0.4, -0.2) is 47.3 Å². The van der Waals surface area contributed by atoms with Crippen LogP contribution in [0.3, 0.4) is 0 Å². The molecule has 0 radical (unpaired) electrons. The minimum absolute atomic E-state index is 0.0923. The van der Waals surface area contributed by atoms with Crippen LogP contribution in [0.4, 0.5) is 5.82 Å². The van der Waals surface area contributed by atoms with Gasteiger partial charge in [-0.15, -0.1) is 0 Å². The fourth-order valence-electron chi connectivity index (χ4n) is 2.58. The monoisotopic (exact) mass is 319 g/mol. The third-order valence-corrected chi connectivity index (χ3v) is 3.67. The summed E-state index contributed by atoms with van der Waals surface area (Å²) in [6.07, 6.45) is 4.70. The second kappa shape index (κ2) is 6.51. The number of hydrogen-bond donors (Lipinski definition) is 2. The Balaban J connectivity index is 1.66. The molecule has 23 heavy (non-hydrogen) atoms. The number of anilines is 1. The largest absolute Gasteiger partial charge is 0.479 e. The van der Waals surface area contributed by atoms with Crippen molar-refractivity contribution >= 4 is 11.7 Å². The molecule has 0 aromatic carbocycles. The number of aromatic amines is 1. The fourth-order valence-corrected chi connectivity index (χ4v) is 2.58. The van der Waals surface area contributed by atoms with Gasteiger partial charge in [-0.25, -0.2) is 4.98 Å². The molecule has 9 nitrogen and oxygen atoms in total. The minimum atomic E-state index is -0.359. The van der Waals surface area contributed by atoms with Crippen LogP contribution in [0, 0.1) is 0 Å². The lowest BCUT2D eigenvalue weighted by atomic mass is 10.1. The Morgan fingerprint density at radius 3 is 3.17 bits per heavy atom. The first-order valence-electron chi connectivity index (χ1n) is 7.27. The SMILES string of the molecule is COc1cc(C(=O)N[C@H]2CCCN(c3ncc[nH]c3=O)C2)on1. The first kappa shape index (κ1) is 15.1. The quantitative estimate of drug-likeness (QED) is 0.825. The third-order valence-electron chi connectivity index (χ3n) is 3.67. The molecule has 2 aromatic heterocycles. The predicted molar refractivity (Wildman–Crippen MR) is 80.6 cm³/mol. The smallest absolute Gasteiger partial charge is 0.290 e. The maximum atomic E-state index is 12.1. The number of methoxy groups -OCH3 is 1. The maximum absolute atomic E-state index is 12.1. The Labute approximate surface area is 131 Å². The number of ether oxygens (including phenoxy) is 1. The molecule has 2 N–H and O–H groups in total. The van der Waals surface area contributed by atoms with Crippen molar-refractivity contribution in [3.63, 3.8) is 0 Å². The zero-order chi connectivity index (χ0) is 16.2. The highest BCUT2D eigenvalue weighted by Gasteiger charge is 2.25. The van der Waals surface area contributed by atoms with E-state index in [1.165, 1.54) is 19.4 Å². The highest BCUT2D eigenvalue weighted by molar-refractivity contribution is 5.91. The van der Waals surface area contributed by atoms with Gasteiger partial charge in [0.15, 0.2) is 5.82 Å². The molecule has 2 aromatic rings. The summed E-state index contributed by atoms with van der Waals surface area (Å²) in [5.74, 6) is 0.352. The molecule has 0 spiro atoms. The van der Waals surface area contributed by atoms with E-state index in [0.717, 1.165) is 19.4 Å². The molecule has 1 saturated heterocycles. The predicted octanol–water partition coefficient (Wildman–Crippen LogP) is 0.165. The number of amides is 1. The van der Waals surface area contributed by atoms with Crippen LogP contribution in [-0.2, 0) is 0 Å². The molecule has 3 heterocycles. The van der Waals surface area contributed by atoms with E-state index in [0.29, 0.717) is 12.4 Å². The molecule has 1 fully saturated rings. The lowest BCUT2D eigenvalue weighted by Crippen LogP contribution is -2.49. The van der Waals surface area contributed by atoms with Crippen molar-refractivity contribution in [2.75, 3.05) is 25.1 Å². The molecule has 1 aliphatic heterocycles. The Kier molecular flexibility index (Phi) is 4.26. The van der Waals surface area contributed by atoms with Gasteiger partial charge in [0.2, 0.25) is 5.76 Å². The number of aromatic nitrogens is 3. The van der Waals surface area contributed by atoms with Crippen LogP contribution in [0.25, 0.3) is 0 Å². The number of nitrogens with zero attached hydrogens (tertiary/aromatic N) is 3. The van der Waals surface area contributed by atoms with Crippen LogP contribution in [0.2, 0.25) is 0 Å². The van der Waals surface area contributed by atoms with Gasteiger partial charge in [-0.05, 0) is 18.0 Å². The van der Waals surface area contributed by atoms with Crippen LogP contribution in [0.5, 0.6) is 5.88 Å². The Morgan fingerprint density at radius 2 is 2.43 bits per heavy atom. The summed E-state index contributed by atoms with van der Waals surface area (Å²) < 4.78 is 9.80. The molecule has 0 aliphatic carbocycles. The van der Waals surface area contributed by atoms with Gasteiger partial charge in [0, 0.05) is 31.5 Å². The van der Waals surface area contributed by atoms with Gasteiger partial charge in [-0.3, -0.25) is 9.59 Å². The minimum Gasteiger partial charge on any atom is -0.479 e. The van der Waals surface area contributed by atoms with Crippen molar-refractivity contribution in [2.24, 2.45) is 0 Å². The number of hydrogen-bond acceptors (Lipinski definition) is 7. The molecular formula is C14H17N5O4. The number of nitrogens with one attached hydrogen (secondary N) is 2. The van der Waals surface area contributed by atoms with E-state index in [1.807, 2.05) is 4.90 Å². The van der Waals surface area contributed by atoms with Crippen molar-refractivity contribution in [1.82, 2.24) is 20.4 Å². The van der Waals surface area contributed by atoms with Gasteiger partial charge in [0.1, 0.15) is 0 Å². The van der Waals surface area contributed by atoms with E-state index in [1.54, 1.807) is 6.20 Å². The molecule has 122 valence electrons. The number of rotatable bonds is 4. The van der Waals surface area contributed by atoms with E-state index in [-0.39, 0.29) is 29.1 Å². The standard InChI is InChI=1S/C14H17N5O4/c1-22-11-7-10(23-18-11)13(20)17-9-3-2-6-19(8-9)12-14(21)16-5-4-15-12/h4-5,7,9H,2-3,6,8H2,1H3,(H,16,21)(H,17,20)/t9-/m0/s1. The van der Waals surface area contributed by atoms with Gasteiger partial charge < -0.3 is 24.5 Å². The van der Waals surface area contributed by atoms with E-state index in [2.05, 4.69) is 20.4 Å². The molecule has 1 aliphatic rings. The number of carbonyl (C=O) groups is 1. The van der Waals surface area contributed by atoms with Gasteiger partial charge in [-0.1, -0.05) is 0 Å². The Morgan fingerprint density at radius 1 is 1.57 bits per heavy atom. The number of H-pyrrole nitrogens is 1. The van der Waals surface area contributed by atoms with E-state index >= 15 is 0 Å². The van der Waals surface area contributed by atoms with Gasteiger partial charge in [0.05, 0.1) is 13.2 Å². The van der Waals surface area contributed by atoms with E-state index < -0.39 is 0 Å². The third kappa shape index (κ3) is 3.33. The van der Waals surface area contributed by atoms with Crippen molar-refractivity contribution in [3.8, 4) is 5.88 Å². The Bertz CT molecular complexity index is 741. The molecule has 0 saturated carbocycles. The zero-order valence-corrected chi connectivity index (χ0v) is 12.6. The summed E-state index contributed by atoms with van der Waals surface area (Å²) in [5.41, 5.74) is -0.237. The second-order valence-electron chi connectivity index (χ2n) is 5.23. The summed E-state index contributed by atoms with van der Waals surface area (Å²) in [6, 6.07) is 1.33. The first-order valence-corrected chi connectivity index (χ1v) is 7.27. The summed E-state index contributed by atoms with van der Waals surface area (Å²) >= 11 is 0. The Hall–Kier alpha value is -2.84. The normalized spacial score (nSPS) is 17.8. The van der Waals surface area contributed by atoms with Crippen molar-refractivity contribution in [1.29, 1.82) is 0 Å². The molecule has 1 amide bonds. The van der Waals surface area contributed by atoms with Crippen LogP contribution in [0.15, 0.2) is 27.8 Å². The zero-order valence-electron chi connectivity index (χ0n) is 12.6. The van der Waals surface area contributed by atoms with Crippen LogP contribution in [0.1, 0.15) is 23.4 Å². The van der Waals surface area contributed by atoms with Crippen molar-refractivity contribution in [3.05, 3.63) is 34.6 Å². The van der Waals surface area contributed by atoms with Gasteiger partial charge in [-0.2, -0.15) is 0 Å². The number of piperidine rings is 1. The lowest BCUT2D eigenvalue weighted by Gasteiger charge is -2.33. The molecular weight excluding hydrogens is 302 g/mol. The van der Waals surface area contributed by atoms with E-state index in [9.17, 15) is 9.59 Å². The second-order valence-corrected chi connectivity index (χ2v) is 5.23. The molecule has 0 unspecified atom stereocenters. The van der Waals surface area contributed by atoms with Crippen LogP contribution >= 0.6 is 0 Å². The molecule has 0 bridgehead atoms. The van der Waals surface area contributed by atoms with Crippen LogP contribution < -0.4 is 20.5 Å². The topological polar surface area (TPSA) is 113 Å². The average Bonchev–Trinajstić information content (AvgIpc) is 3.05. The summed E-state index contributed by atoms with van der Waals surface area (Å²) in [6.45, 7) is 1.24. The average molecular weight is 319 g/mol. The van der Waals surface area contributed by atoms with Gasteiger partial charge >= 0.3 is 0 Å². The summed E-state index contributed by atoms with van der Waals surface area (Å²) in [5, 5.41) is 6.48. The lowest BCUT2D eigenvalue weighted by molar-refractivity contribution is 0.0895. The number of carbonyl (C=O) groups excluding carboxylic acids is 1. The highest BCUT2D eigenvalue weighted by atomic mass is 16.5. The maximum Gasteiger partial charge on any atom is 0.290 e. The highest BCUT2D eigenvalue weighted by Crippen LogP contribution is 2.16. The van der Waals surface area contributed by atoms with E-state index in [4.69, 9.17) is 9.26 Å². The van der Waals surface area contributed by atoms with Gasteiger partial charge in [0.25, 0.3) is 17.3 Å². The summed E-state index contributed by atoms with van der Waals surface area (Å²) in [4.78, 5) is 32.6.